The molecule has 0 radical (unpaired) electrons. The summed E-state index contributed by atoms with van der Waals surface area (Å²) in [5.74, 6) is 7.20. The summed E-state index contributed by atoms with van der Waals surface area (Å²) in [5.41, 5.74) is 5.71. The predicted octanol–water partition coefficient (Wildman–Crippen LogP) is 4.14. The SMILES string of the molecule is COC(=O)CCc1csc(C[C@H]2O[C@H](c3cccc(OC)c3OC)c3cc(Cl)ccc3N=C2NN)n1. The van der Waals surface area contributed by atoms with Crippen LogP contribution < -0.4 is 20.7 Å². The van der Waals surface area contributed by atoms with Crippen molar-refractivity contribution in [2.24, 2.45) is 10.8 Å². The first-order valence-electron chi connectivity index (χ1n) is 11.2. The second kappa shape index (κ2) is 11.7. The number of hydrogen-bond acceptors (Lipinski definition) is 10. The van der Waals surface area contributed by atoms with Crippen molar-refractivity contribution in [1.29, 1.82) is 0 Å². The van der Waals surface area contributed by atoms with E-state index >= 15 is 0 Å². The lowest BCUT2D eigenvalue weighted by Gasteiger charge is -2.25. The van der Waals surface area contributed by atoms with E-state index in [1.54, 1.807) is 20.3 Å². The van der Waals surface area contributed by atoms with Gasteiger partial charge in [-0.15, -0.1) is 11.3 Å². The molecule has 0 amide bonds. The summed E-state index contributed by atoms with van der Waals surface area (Å²) in [6.45, 7) is 0. The molecule has 0 saturated carbocycles. The number of carbonyl (C=O) groups is 1. The van der Waals surface area contributed by atoms with Crippen LogP contribution in [-0.2, 0) is 27.1 Å². The molecule has 2 aromatic carbocycles. The van der Waals surface area contributed by atoms with Gasteiger partial charge in [-0.25, -0.2) is 15.8 Å². The lowest BCUT2D eigenvalue weighted by molar-refractivity contribution is -0.140. The maximum atomic E-state index is 11.5. The first kappa shape index (κ1) is 25.9. The monoisotopic (exact) mass is 530 g/mol. The Labute approximate surface area is 218 Å². The number of aromatic nitrogens is 1. The van der Waals surface area contributed by atoms with E-state index in [0.717, 1.165) is 21.8 Å². The topological polar surface area (TPSA) is 117 Å². The van der Waals surface area contributed by atoms with Crippen LogP contribution in [0.2, 0.25) is 5.02 Å². The van der Waals surface area contributed by atoms with Crippen LogP contribution in [0.1, 0.15) is 34.4 Å². The third-order valence-corrected chi connectivity index (χ3v) is 6.91. The van der Waals surface area contributed by atoms with Crippen molar-refractivity contribution in [1.82, 2.24) is 10.4 Å². The van der Waals surface area contributed by atoms with Gasteiger partial charge >= 0.3 is 5.97 Å². The number of hydrogen-bond donors (Lipinski definition) is 2. The van der Waals surface area contributed by atoms with Crippen LogP contribution in [0.5, 0.6) is 11.5 Å². The molecular formula is C25H27ClN4O5S. The maximum Gasteiger partial charge on any atom is 0.305 e. The molecule has 0 bridgehead atoms. The third kappa shape index (κ3) is 5.62. The number of hydrazine groups is 1. The fourth-order valence-corrected chi connectivity index (χ4v) is 5.06. The number of thiazole rings is 1. The molecule has 0 aliphatic carbocycles. The van der Waals surface area contributed by atoms with Gasteiger partial charge in [0.1, 0.15) is 18.0 Å². The molecule has 1 aliphatic heterocycles. The first-order valence-corrected chi connectivity index (χ1v) is 12.4. The number of amidine groups is 1. The fourth-order valence-electron chi connectivity index (χ4n) is 4.02. The molecule has 0 saturated heterocycles. The Hall–Kier alpha value is -3.18. The Kier molecular flexibility index (Phi) is 8.42. The van der Waals surface area contributed by atoms with Crippen LogP contribution in [0.3, 0.4) is 0 Å². The Balaban J connectivity index is 1.71. The Morgan fingerprint density at radius 2 is 2.03 bits per heavy atom. The summed E-state index contributed by atoms with van der Waals surface area (Å²) >= 11 is 7.86. The number of nitrogens with zero attached hydrogens (tertiary/aromatic N) is 2. The van der Waals surface area contributed by atoms with E-state index in [1.807, 2.05) is 35.7 Å². The molecule has 0 unspecified atom stereocenters. The van der Waals surface area contributed by atoms with Gasteiger partial charge in [-0.3, -0.25) is 4.79 Å². The van der Waals surface area contributed by atoms with Crippen molar-refractivity contribution in [3.8, 4) is 11.5 Å². The highest BCUT2D eigenvalue weighted by Gasteiger charge is 2.33. The summed E-state index contributed by atoms with van der Waals surface area (Å²) in [7, 11) is 4.55. The van der Waals surface area contributed by atoms with Gasteiger partial charge in [-0.05, 0) is 24.3 Å². The molecular weight excluding hydrogens is 504 g/mol. The number of nitrogens with two attached hydrogens (primary N) is 1. The van der Waals surface area contributed by atoms with Crippen molar-refractivity contribution >= 4 is 40.4 Å². The second-order valence-electron chi connectivity index (χ2n) is 7.94. The van der Waals surface area contributed by atoms with E-state index in [2.05, 4.69) is 10.4 Å². The fraction of sp³-hybridized carbons (Fsp3) is 0.320. The van der Waals surface area contributed by atoms with Gasteiger partial charge in [0.05, 0.1) is 44.1 Å². The molecule has 4 rings (SSSR count). The first-order chi connectivity index (χ1) is 17.5. The molecule has 9 nitrogen and oxygen atoms in total. The quantitative estimate of drug-likeness (QED) is 0.253. The minimum atomic E-state index is -0.581. The van der Waals surface area contributed by atoms with Crippen molar-refractivity contribution in [3.63, 3.8) is 0 Å². The van der Waals surface area contributed by atoms with Crippen molar-refractivity contribution < 1.29 is 23.7 Å². The number of rotatable bonds is 8. The van der Waals surface area contributed by atoms with E-state index < -0.39 is 12.2 Å². The lowest BCUT2D eigenvalue weighted by Crippen LogP contribution is -2.41. The predicted molar refractivity (Wildman–Crippen MR) is 138 cm³/mol. The largest absolute Gasteiger partial charge is 0.493 e. The van der Waals surface area contributed by atoms with Crippen LogP contribution in [0, 0.1) is 0 Å². The van der Waals surface area contributed by atoms with Crippen molar-refractivity contribution in [2.45, 2.75) is 31.5 Å². The molecule has 3 aromatic rings. The number of aryl methyl sites for hydroxylation is 1. The number of benzene rings is 2. The number of esters is 1. The Bertz CT molecular complexity index is 1260. The van der Waals surface area contributed by atoms with Crippen LogP contribution in [0.25, 0.3) is 0 Å². The van der Waals surface area contributed by atoms with Gasteiger partial charge in [0, 0.05) is 34.4 Å². The molecule has 1 aromatic heterocycles. The summed E-state index contributed by atoms with van der Waals surface area (Å²) in [5, 5.41) is 3.30. The van der Waals surface area contributed by atoms with Crippen molar-refractivity contribution in [3.05, 3.63) is 68.6 Å². The maximum absolute atomic E-state index is 11.5. The zero-order valence-electron chi connectivity index (χ0n) is 20.1. The average Bonchev–Trinajstić information content (AvgIpc) is 3.29. The molecule has 3 N–H and O–H groups in total. The molecule has 11 heteroatoms. The standard InChI is InChI=1S/C25H27ClN4O5S/c1-32-19-6-4-5-16(24(19)34-3)23-17-11-14(26)7-9-18(17)29-25(30-27)20(35-23)12-21-28-15(13-36-21)8-10-22(31)33-2/h4-7,9,11,13,20,23H,8,10,12,27H2,1-3H3,(H,29,30)/t20-,23-/m1/s1. The second-order valence-corrected chi connectivity index (χ2v) is 9.32. The van der Waals surface area contributed by atoms with E-state index in [4.69, 9.17) is 41.4 Å². The molecule has 0 spiro atoms. The number of para-hydroxylation sites is 1. The van der Waals surface area contributed by atoms with Gasteiger partial charge in [-0.2, -0.15) is 0 Å². The summed E-state index contributed by atoms with van der Waals surface area (Å²) < 4.78 is 22.6. The highest BCUT2D eigenvalue weighted by molar-refractivity contribution is 7.09. The van der Waals surface area contributed by atoms with Crippen LogP contribution in [0.4, 0.5) is 5.69 Å². The molecule has 190 valence electrons. The van der Waals surface area contributed by atoms with Gasteiger partial charge in [-0.1, -0.05) is 23.7 Å². The molecule has 1 aliphatic rings. The smallest absolute Gasteiger partial charge is 0.305 e. The van der Waals surface area contributed by atoms with E-state index in [-0.39, 0.29) is 12.4 Å². The lowest BCUT2D eigenvalue weighted by atomic mass is 9.98. The van der Waals surface area contributed by atoms with Crippen molar-refractivity contribution in [2.75, 3.05) is 21.3 Å². The Morgan fingerprint density at radius 1 is 1.19 bits per heavy atom. The van der Waals surface area contributed by atoms with Gasteiger partial charge in [0.15, 0.2) is 11.5 Å². The molecule has 36 heavy (non-hydrogen) atoms. The number of aliphatic imine (C=N–C) groups is 1. The van der Waals surface area contributed by atoms with E-state index in [0.29, 0.717) is 40.9 Å². The zero-order chi connectivity index (χ0) is 25.7. The number of carbonyl (C=O) groups excluding carboxylic acids is 1. The summed E-state index contributed by atoms with van der Waals surface area (Å²) in [4.78, 5) is 20.9. The average molecular weight is 531 g/mol. The highest BCUT2D eigenvalue weighted by atomic mass is 35.5. The number of nitrogens with one attached hydrogen (secondary N) is 1. The number of fused-ring (bicyclic) bond motifs is 1. The third-order valence-electron chi connectivity index (χ3n) is 5.75. The normalized spacial score (nSPS) is 17.0. The van der Waals surface area contributed by atoms with Gasteiger partial charge < -0.3 is 24.4 Å². The van der Waals surface area contributed by atoms with Crippen LogP contribution in [-0.4, -0.2) is 44.2 Å². The summed E-state index contributed by atoms with van der Waals surface area (Å²) in [6, 6.07) is 11.0. The highest BCUT2D eigenvalue weighted by Crippen LogP contribution is 2.44. The zero-order valence-corrected chi connectivity index (χ0v) is 21.7. The van der Waals surface area contributed by atoms with Crippen LogP contribution in [0.15, 0.2) is 46.8 Å². The number of halogens is 1. The van der Waals surface area contributed by atoms with Gasteiger partial charge in [0.25, 0.3) is 0 Å². The minimum Gasteiger partial charge on any atom is -0.493 e. The van der Waals surface area contributed by atoms with Crippen LogP contribution >= 0.6 is 22.9 Å². The minimum absolute atomic E-state index is 0.268. The molecule has 0 fully saturated rings. The molecule has 2 heterocycles. The van der Waals surface area contributed by atoms with E-state index in [1.165, 1.54) is 18.4 Å². The number of ether oxygens (including phenoxy) is 4. The Morgan fingerprint density at radius 3 is 2.75 bits per heavy atom. The van der Waals surface area contributed by atoms with E-state index in [9.17, 15) is 4.79 Å². The summed E-state index contributed by atoms with van der Waals surface area (Å²) in [6.07, 6.45) is 0.0444. The molecule has 2 atom stereocenters. The van der Waals surface area contributed by atoms with Gasteiger partial charge in [0.2, 0.25) is 0 Å². The number of methoxy groups -OCH3 is 3.